The maximum absolute atomic E-state index is 13.2. The van der Waals surface area contributed by atoms with Gasteiger partial charge in [0.2, 0.25) is 0 Å². The number of anilines is 2. The van der Waals surface area contributed by atoms with E-state index >= 15 is 0 Å². The van der Waals surface area contributed by atoms with Crippen molar-refractivity contribution in [3.8, 4) is 0 Å². The molecule has 0 bridgehead atoms. The second-order valence-corrected chi connectivity index (χ2v) is 5.34. The minimum absolute atomic E-state index is 0.131. The normalized spacial score (nSPS) is 10.8. The molecule has 1 aromatic heterocycles. The summed E-state index contributed by atoms with van der Waals surface area (Å²) in [6.07, 6.45) is 0. The molecule has 0 aliphatic heterocycles. The third kappa shape index (κ3) is 2.75. The summed E-state index contributed by atoms with van der Waals surface area (Å²) in [7, 11) is 0. The number of rotatable bonds is 2. The zero-order chi connectivity index (χ0) is 15.0. The number of nitrogen functional groups attached to an aromatic ring is 1. The molecule has 3 rings (SSSR count). The average Bonchev–Trinajstić information content (AvgIpc) is 2.86. The van der Waals surface area contributed by atoms with Gasteiger partial charge < -0.3 is 15.5 Å². The highest BCUT2D eigenvalue weighted by Gasteiger charge is 2.14. The number of amides is 1. The Bertz CT molecular complexity index is 845. The van der Waals surface area contributed by atoms with Crippen molar-refractivity contribution in [2.75, 3.05) is 11.1 Å². The summed E-state index contributed by atoms with van der Waals surface area (Å²) in [5, 5.41) is 3.33. The van der Waals surface area contributed by atoms with E-state index in [2.05, 4.69) is 21.2 Å². The van der Waals surface area contributed by atoms with Crippen LogP contribution in [0.3, 0.4) is 0 Å². The Morgan fingerprint density at radius 3 is 2.81 bits per heavy atom. The first-order valence-electron chi connectivity index (χ1n) is 6.08. The van der Waals surface area contributed by atoms with Gasteiger partial charge in [-0.05, 0) is 58.4 Å². The highest BCUT2D eigenvalue weighted by Crippen LogP contribution is 2.26. The van der Waals surface area contributed by atoms with Crippen LogP contribution in [0.2, 0.25) is 0 Å². The van der Waals surface area contributed by atoms with Gasteiger partial charge in [0, 0.05) is 15.5 Å². The van der Waals surface area contributed by atoms with Gasteiger partial charge in [-0.3, -0.25) is 4.79 Å². The number of hydrogen-bond acceptors (Lipinski definition) is 3. The van der Waals surface area contributed by atoms with E-state index in [9.17, 15) is 9.18 Å². The molecular formula is C15H10BrFN2O2. The Labute approximate surface area is 127 Å². The maximum atomic E-state index is 13.2. The van der Waals surface area contributed by atoms with Crippen LogP contribution in [0.15, 0.2) is 51.4 Å². The van der Waals surface area contributed by atoms with E-state index in [1.54, 1.807) is 24.3 Å². The summed E-state index contributed by atoms with van der Waals surface area (Å²) in [5.74, 6) is -0.770. The molecule has 1 amide bonds. The molecule has 3 aromatic rings. The number of halogens is 2. The third-order valence-corrected chi connectivity index (χ3v) is 3.63. The van der Waals surface area contributed by atoms with Gasteiger partial charge in [0.1, 0.15) is 11.4 Å². The van der Waals surface area contributed by atoms with Gasteiger partial charge in [-0.15, -0.1) is 0 Å². The molecule has 21 heavy (non-hydrogen) atoms. The van der Waals surface area contributed by atoms with Crippen molar-refractivity contribution in [1.82, 2.24) is 0 Å². The van der Waals surface area contributed by atoms with Crippen molar-refractivity contribution < 1.29 is 13.6 Å². The molecule has 0 aliphatic carbocycles. The standard InChI is InChI=1S/C15H10BrFN2O2/c16-11-3-1-9(17)7-12(11)19-15(20)14-6-8-5-10(18)2-4-13(8)21-14/h1-7H,18H2,(H,19,20). The molecule has 0 radical (unpaired) electrons. The second-order valence-electron chi connectivity index (χ2n) is 4.49. The fourth-order valence-electron chi connectivity index (χ4n) is 1.95. The first kappa shape index (κ1) is 13.6. The molecule has 0 spiro atoms. The predicted molar refractivity (Wildman–Crippen MR) is 82.7 cm³/mol. The van der Waals surface area contributed by atoms with E-state index in [-0.39, 0.29) is 5.76 Å². The highest BCUT2D eigenvalue weighted by molar-refractivity contribution is 9.10. The van der Waals surface area contributed by atoms with Crippen LogP contribution < -0.4 is 11.1 Å². The van der Waals surface area contributed by atoms with Gasteiger partial charge in [-0.2, -0.15) is 0 Å². The summed E-state index contributed by atoms with van der Waals surface area (Å²) in [4.78, 5) is 12.2. The minimum Gasteiger partial charge on any atom is -0.451 e. The quantitative estimate of drug-likeness (QED) is 0.683. The Kier molecular flexibility index (Phi) is 3.39. The van der Waals surface area contributed by atoms with Crippen LogP contribution in [0.5, 0.6) is 0 Å². The van der Waals surface area contributed by atoms with Crippen LogP contribution in [-0.4, -0.2) is 5.91 Å². The van der Waals surface area contributed by atoms with Crippen LogP contribution in [0.1, 0.15) is 10.6 Å². The van der Waals surface area contributed by atoms with Crippen LogP contribution in [0.25, 0.3) is 11.0 Å². The number of benzene rings is 2. The minimum atomic E-state index is -0.462. The first-order chi connectivity index (χ1) is 10.0. The average molecular weight is 349 g/mol. The van der Waals surface area contributed by atoms with Crippen molar-refractivity contribution in [2.45, 2.75) is 0 Å². The molecule has 0 fully saturated rings. The summed E-state index contributed by atoms with van der Waals surface area (Å²) in [6.45, 7) is 0. The van der Waals surface area contributed by atoms with E-state index in [0.717, 1.165) is 5.39 Å². The number of fused-ring (bicyclic) bond motifs is 1. The molecular weight excluding hydrogens is 339 g/mol. The molecule has 0 aliphatic rings. The van der Waals surface area contributed by atoms with Gasteiger partial charge >= 0.3 is 0 Å². The molecule has 3 N–H and O–H groups in total. The van der Waals surface area contributed by atoms with E-state index in [0.29, 0.717) is 21.4 Å². The SMILES string of the molecule is Nc1ccc2oc(C(=O)Nc3cc(F)ccc3Br)cc2c1. The van der Waals surface area contributed by atoms with Crippen LogP contribution >= 0.6 is 15.9 Å². The zero-order valence-electron chi connectivity index (χ0n) is 10.7. The van der Waals surface area contributed by atoms with Crippen LogP contribution in [0.4, 0.5) is 15.8 Å². The lowest BCUT2D eigenvalue weighted by molar-refractivity contribution is 0.0998. The van der Waals surface area contributed by atoms with Gasteiger partial charge in [0.25, 0.3) is 5.91 Å². The molecule has 1 heterocycles. The number of nitrogens with two attached hydrogens (primary N) is 1. The summed E-state index contributed by atoms with van der Waals surface area (Å²) in [6, 6.07) is 10.7. The van der Waals surface area contributed by atoms with Crippen LogP contribution in [0, 0.1) is 5.82 Å². The fraction of sp³-hybridized carbons (Fsp3) is 0. The van der Waals surface area contributed by atoms with Crippen molar-refractivity contribution >= 4 is 44.2 Å². The lowest BCUT2D eigenvalue weighted by Crippen LogP contribution is -2.11. The Balaban J connectivity index is 1.91. The summed E-state index contributed by atoms with van der Waals surface area (Å²) >= 11 is 3.25. The Morgan fingerprint density at radius 2 is 2.00 bits per heavy atom. The Hall–Kier alpha value is -2.34. The van der Waals surface area contributed by atoms with Crippen molar-refractivity contribution in [2.24, 2.45) is 0 Å². The van der Waals surface area contributed by atoms with Crippen LogP contribution in [-0.2, 0) is 0 Å². The fourth-order valence-corrected chi connectivity index (χ4v) is 2.30. The molecule has 6 heteroatoms. The number of carbonyl (C=O) groups excluding carboxylic acids is 1. The lowest BCUT2D eigenvalue weighted by Gasteiger charge is -2.05. The van der Waals surface area contributed by atoms with E-state index in [1.807, 2.05) is 0 Å². The number of nitrogens with one attached hydrogen (secondary N) is 1. The predicted octanol–water partition coefficient (Wildman–Crippen LogP) is 4.17. The summed E-state index contributed by atoms with van der Waals surface area (Å²) < 4.78 is 19.2. The highest BCUT2D eigenvalue weighted by atomic mass is 79.9. The van der Waals surface area contributed by atoms with Crippen molar-refractivity contribution in [3.05, 3.63) is 58.5 Å². The van der Waals surface area contributed by atoms with Gasteiger partial charge in [0.05, 0.1) is 5.69 Å². The monoisotopic (exact) mass is 348 g/mol. The number of hydrogen-bond donors (Lipinski definition) is 2. The summed E-state index contributed by atoms with van der Waals surface area (Å²) in [5.41, 5.74) is 7.16. The van der Waals surface area contributed by atoms with Crippen molar-refractivity contribution in [1.29, 1.82) is 0 Å². The van der Waals surface area contributed by atoms with Gasteiger partial charge in [0.15, 0.2) is 5.76 Å². The van der Waals surface area contributed by atoms with Gasteiger partial charge in [-0.1, -0.05) is 0 Å². The molecule has 4 nitrogen and oxygen atoms in total. The molecule has 2 aromatic carbocycles. The second kappa shape index (κ2) is 5.21. The van der Waals surface area contributed by atoms with Crippen molar-refractivity contribution in [3.63, 3.8) is 0 Å². The molecule has 0 saturated carbocycles. The molecule has 106 valence electrons. The Morgan fingerprint density at radius 1 is 1.19 bits per heavy atom. The lowest BCUT2D eigenvalue weighted by atomic mass is 10.2. The molecule has 0 unspecified atom stereocenters. The molecule has 0 saturated heterocycles. The van der Waals surface area contributed by atoms with E-state index in [4.69, 9.17) is 10.2 Å². The third-order valence-electron chi connectivity index (χ3n) is 2.94. The zero-order valence-corrected chi connectivity index (χ0v) is 12.3. The first-order valence-corrected chi connectivity index (χ1v) is 6.88. The smallest absolute Gasteiger partial charge is 0.291 e. The van der Waals surface area contributed by atoms with E-state index in [1.165, 1.54) is 18.2 Å². The van der Waals surface area contributed by atoms with E-state index < -0.39 is 11.7 Å². The number of carbonyl (C=O) groups is 1. The topological polar surface area (TPSA) is 68.3 Å². The maximum Gasteiger partial charge on any atom is 0.291 e. The number of furan rings is 1. The largest absolute Gasteiger partial charge is 0.451 e. The molecule has 0 atom stereocenters. The van der Waals surface area contributed by atoms with Gasteiger partial charge in [-0.25, -0.2) is 4.39 Å².